The molecule has 0 atom stereocenters. The maximum atomic E-state index is 3.53. The van der Waals surface area contributed by atoms with Gasteiger partial charge in [-0.1, -0.05) is 116 Å². The molecule has 1 aliphatic rings. The monoisotopic (exact) mass is 600 g/mol. The predicted octanol–water partition coefficient (Wildman–Crippen LogP) is 2.95. The summed E-state index contributed by atoms with van der Waals surface area (Å²) in [5.74, 6) is 0. The summed E-state index contributed by atoms with van der Waals surface area (Å²) in [6.45, 7) is 24.8. The van der Waals surface area contributed by atoms with E-state index in [-0.39, 0.29) is 35.6 Å². The molecular formula is C33H44Cl2Zr-2. The summed E-state index contributed by atoms with van der Waals surface area (Å²) >= 11 is 1.30. The average molecular weight is 603 g/mol. The zero-order valence-corrected chi connectivity index (χ0v) is 28.2. The van der Waals surface area contributed by atoms with Gasteiger partial charge in [-0.15, -0.1) is 5.56 Å². The summed E-state index contributed by atoms with van der Waals surface area (Å²) < 4.78 is 3.34. The van der Waals surface area contributed by atoms with E-state index in [4.69, 9.17) is 0 Å². The normalized spacial score (nSPS) is 12.0. The van der Waals surface area contributed by atoms with Gasteiger partial charge in [0.05, 0.1) is 0 Å². The van der Waals surface area contributed by atoms with Gasteiger partial charge < -0.3 is 24.8 Å². The molecule has 0 amide bonds. The first-order valence-electron chi connectivity index (χ1n) is 12.4. The Balaban J connectivity index is 0.000000701. The first-order valence-corrected chi connectivity index (χ1v) is 14.1. The van der Waals surface area contributed by atoms with Gasteiger partial charge in [0.15, 0.2) is 0 Å². The van der Waals surface area contributed by atoms with Crippen molar-refractivity contribution in [3.8, 4) is 11.1 Å². The molecule has 4 rings (SSSR count). The van der Waals surface area contributed by atoms with Crippen molar-refractivity contribution in [2.24, 2.45) is 0 Å². The Morgan fingerprint density at radius 1 is 0.750 bits per heavy atom. The number of rotatable bonds is 0. The number of hydrogen-bond donors (Lipinski definition) is 0. The molecule has 196 valence electrons. The molecule has 36 heavy (non-hydrogen) atoms. The summed E-state index contributed by atoms with van der Waals surface area (Å²) in [6, 6.07) is 19.6. The fourth-order valence-electron chi connectivity index (χ4n) is 4.60. The minimum atomic E-state index is 0. The van der Waals surface area contributed by atoms with Gasteiger partial charge in [0.2, 0.25) is 0 Å². The fraction of sp³-hybridized carbons (Fsp3) is 0.455. The second-order valence-corrected chi connectivity index (χ2v) is 12.7. The van der Waals surface area contributed by atoms with Crippen molar-refractivity contribution in [2.75, 3.05) is 0 Å². The van der Waals surface area contributed by atoms with Crippen molar-refractivity contribution in [1.82, 2.24) is 0 Å². The molecule has 0 radical (unpaired) electrons. The van der Waals surface area contributed by atoms with Crippen LogP contribution in [0.2, 0.25) is 0 Å². The third-order valence-electron chi connectivity index (χ3n) is 6.58. The van der Waals surface area contributed by atoms with Gasteiger partial charge in [-0.3, -0.25) is 0 Å². The van der Waals surface area contributed by atoms with E-state index in [1.54, 1.807) is 0 Å². The SMILES string of the molecule is CC(C)(C)c1c[c-]c2c(c1)-c1cc(C(C)(C)C)ccc1C2.Cc1cc(C(C)(C)C)c(C)[cH-]1.[CH2]=[Zr+2].[Cl-].[Cl-]. The Labute approximate surface area is 249 Å². The minimum Gasteiger partial charge on any atom is -1.00 e. The van der Waals surface area contributed by atoms with Crippen molar-refractivity contribution in [3.05, 3.63) is 87.5 Å². The van der Waals surface area contributed by atoms with E-state index in [1.807, 2.05) is 0 Å². The van der Waals surface area contributed by atoms with Crippen LogP contribution in [0.4, 0.5) is 0 Å². The van der Waals surface area contributed by atoms with Crippen molar-refractivity contribution in [3.63, 3.8) is 0 Å². The summed E-state index contributed by atoms with van der Waals surface area (Å²) in [6.07, 6.45) is 1.03. The van der Waals surface area contributed by atoms with Gasteiger partial charge in [-0.25, -0.2) is 6.07 Å². The zero-order valence-electron chi connectivity index (χ0n) is 24.2. The van der Waals surface area contributed by atoms with Crippen molar-refractivity contribution >= 4 is 4.21 Å². The number of halogens is 2. The Bertz CT molecular complexity index is 1070. The molecule has 0 aromatic heterocycles. The molecule has 0 aliphatic heterocycles. The van der Waals surface area contributed by atoms with Gasteiger partial charge in [-0.2, -0.15) is 52.1 Å². The summed E-state index contributed by atoms with van der Waals surface area (Å²) in [7, 11) is 0. The molecule has 3 aromatic rings. The molecule has 0 nitrogen and oxygen atoms in total. The molecule has 3 heteroatoms. The molecule has 0 heterocycles. The molecule has 0 unspecified atom stereocenters. The van der Waals surface area contributed by atoms with E-state index in [0.717, 1.165) is 6.42 Å². The van der Waals surface area contributed by atoms with Crippen LogP contribution >= 0.6 is 0 Å². The number of fused-ring (bicyclic) bond motifs is 3. The largest absolute Gasteiger partial charge is 1.00 e. The Morgan fingerprint density at radius 3 is 1.69 bits per heavy atom. The van der Waals surface area contributed by atoms with Crippen LogP contribution in [0.25, 0.3) is 11.1 Å². The minimum absolute atomic E-state index is 0. The second-order valence-electron chi connectivity index (χ2n) is 12.7. The van der Waals surface area contributed by atoms with E-state index < -0.39 is 0 Å². The van der Waals surface area contributed by atoms with Crippen molar-refractivity contribution in [1.29, 1.82) is 0 Å². The predicted molar refractivity (Wildman–Crippen MR) is 148 cm³/mol. The molecule has 1 aliphatic carbocycles. The molecule has 0 bridgehead atoms. The van der Waals surface area contributed by atoms with Crippen LogP contribution in [0.3, 0.4) is 0 Å². The summed E-state index contributed by atoms with van der Waals surface area (Å²) in [4.78, 5) is 0. The first kappa shape index (κ1) is 35.1. The van der Waals surface area contributed by atoms with Crippen LogP contribution in [-0.4, -0.2) is 4.21 Å². The molecule has 3 aromatic carbocycles. The van der Waals surface area contributed by atoms with E-state index in [1.165, 1.54) is 74.3 Å². The molecule has 0 fully saturated rings. The molecular weight excluding hydrogens is 558 g/mol. The van der Waals surface area contributed by atoms with Crippen LogP contribution < -0.4 is 24.8 Å². The number of benzene rings is 2. The van der Waals surface area contributed by atoms with Gasteiger partial charge in [0, 0.05) is 0 Å². The number of aryl methyl sites for hydroxylation is 2. The summed E-state index contributed by atoms with van der Waals surface area (Å²) in [5, 5.41) is 0. The van der Waals surface area contributed by atoms with Crippen molar-refractivity contribution < 1.29 is 49.0 Å². The topological polar surface area (TPSA) is 0 Å². The smallest absolute Gasteiger partial charge is 1.00 e. The van der Waals surface area contributed by atoms with Gasteiger partial charge >= 0.3 is 28.4 Å². The summed E-state index contributed by atoms with van der Waals surface area (Å²) in [5.41, 5.74) is 13.4. The Morgan fingerprint density at radius 2 is 1.28 bits per heavy atom. The quantitative estimate of drug-likeness (QED) is 0.272. The standard InChI is InChI=1S/C21H25.C11H17.CH2.2ClH.Zr/c1-20(2,3)16-9-7-14-11-15-8-10-17(21(4,5)6)13-19(15)18(14)12-16;1-8-6-9(2)10(7-8)11(3,4)5;;;;/h7,9-10,12-13H,11H2,1-6H3;6-7H,1-5H3;1H2;2*1H;/q2*-1;;;;+2/p-2. The zero-order chi connectivity index (χ0) is 26.1. The third kappa shape index (κ3) is 8.58. The first-order chi connectivity index (χ1) is 15.6. The van der Waals surface area contributed by atoms with Crippen LogP contribution in [0.5, 0.6) is 0 Å². The molecule has 0 saturated heterocycles. The number of hydrogen-bond acceptors (Lipinski definition) is 0. The second kappa shape index (κ2) is 13.3. The van der Waals surface area contributed by atoms with E-state index in [2.05, 4.69) is 129 Å². The van der Waals surface area contributed by atoms with Crippen LogP contribution in [0.1, 0.15) is 101 Å². The van der Waals surface area contributed by atoms with Gasteiger partial charge in [0.1, 0.15) is 0 Å². The Kier molecular flexibility index (Phi) is 12.9. The van der Waals surface area contributed by atoms with Gasteiger partial charge in [-0.05, 0) is 17.4 Å². The molecule has 0 saturated carbocycles. The maximum absolute atomic E-state index is 3.53. The van der Waals surface area contributed by atoms with E-state index >= 15 is 0 Å². The average Bonchev–Trinajstić information content (AvgIpc) is 3.26. The van der Waals surface area contributed by atoms with Crippen molar-refractivity contribution in [2.45, 2.75) is 98.8 Å². The fourth-order valence-corrected chi connectivity index (χ4v) is 4.60. The van der Waals surface area contributed by atoms with E-state index in [9.17, 15) is 0 Å². The Hall–Kier alpha value is -0.877. The van der Waals surface area contributed by atoms with Crippen LogP contribution in [0.15, 0.2) is 42.5 Å². The molecule has 0 spiro atoms. The van der Waals surface area contributed by atoms with Crippen LogP contribution in [0, 0.1) is 19.9 Å². The third-order valence-corrected chi connectivity index (χ3v) is 6.58. The van der Waals surface area contributed by atoms with Gasteiger partial charge in [0.25, 0.3) is 0 Å². The van der Waals surface area contributed by atoms with E-state index in [0.29, 0.717) is 5.41 Å². The van der Waals surface area contributed by atoms with Crippen LogP contribution in [-0.2, 0) is 46.9 Å². The molecule has 0 N–H and O–H groups in total. The maximum Gasteiger partial charge on any atom is -1.00 e.